The Labute approximate surface area is 118 Å². The number of amides is 1. The van der Waals surface area contributed by atoms with Gasteiger partial charge in [0.25, 0.3) is 15.9 Å². The zero-order valence-electron chi connectivity index (χ0n) is 11.5. The third-order valence-corrected chi connectivity index (χ3v) is 4.61. The average Bonchev–Trinajstić information content (AvgIpc) is 2.98. The third-order valence-electron chi connectivity index (χ3n) is 3.70. The summed E-state index contributed by atoms with van der Waals surface area (Å²) in [5.41, 5.74) is 0.108. The van der Waals surface area contributed by atoms with Crippen LogP contribution >= 0.6 is 0 Å². The van der Waals surface area contributed by atoms with Gasteiger partial charge >= 0.3 is 0 Å². The van der Waals surface area contributed by atoms with Crippen LogP contribution in [0.3, 0.4) is 0 Å². The van der Waals surface area contributed by atoms with Gasteiger partial charge in [0.1, 0.15) is 5.69 Å². The summed E-state index contributed by atoms with van der Waals surface area (Å²) < 4.78 is 24.4. The van der Waals surface area contributed by atoms with E-state index < -0.39 is 15.9 Å². The van der Waals surface area contributed by atoms with Crippen LogP contribution in [0.15, 0.2) is 18.1 Å². The molecule has 8 heteroatoms. The minimum Gasteiger partial charge on any atom is -0.352 e. The number of hydrogen-bond acceptors (Lipinski definition) is 5. The molecule has 1 aliphatic rings. The Bertz CT molecular complexity index is 622. The van der Waals surface area contributed by atoms with Gasteiger partial charge in [-0.3, -0.25) is 9.89 Å². The molecule has 2 atom stereocenters. The van der Waals surface area contributed by atoms with E-state index >= 15 is 0 Å². The molecule has 20 heavy (non-hydrogen) atoms. The van der Waals surface area contributed by atoms with Gasteiger partial charge in [-0.1, -0.05) is 13.5 Å². The van der Waals surface area contributed by atoms with Crippen LogP contribution in [0.4, 0.5) is 5.82 Å². The number of anilines is 1. The Hall–Kier alpha value is -1.83. The van der Waals surface area contributed by atoms with Gasteiger partial charge < -0.3 is 4.90 Å². The Morgan fingerprint density at radius 1 is 1.60 bits per heavy atom. The molecule has 0 unspecified atom stereocenters. The van der Waals surface area contributed by atoms with E-state index in [1.807, 2.05) is 4.72 Å². The number of aromatic nitrogens is 2. The number of carbonyl (C=O) groups is 1. The van der Waals surface area contributed by atoms with E-state index in [-0.39, 0.29) is 5.69 Å². The molecule has 110 valence electrons. The van der Waals surface area contributed by atoms with Crippen molar-refractivity contribution in [2.24, 2.45) is 5.92 Å². The monoisotopic (exact) mass is 298 g/mol. The first kappa shape index (κ1) is 14.6. The molecule has 1 fully saturated rings. The number of H-pyrrole nitrogens is 1. The van der Waals surface area contributed by atoms with Gasteiger partial charge in [0, 0.05) is 24.1 Å². The molecule has 1 aromatic rings. The number of nitrogens with zero attached hydrogens (tertiary/aromatic N) is 2. The summed E-state index contributed by atoms with van der Waals surface area (Å²) in [7, 11) is -3.79. The molecule has 1 amide bonds. The second-order valence-corrected chi connectivity index (χ2v) is 6.61. The SMILES string of the molecule is C=CS(=O)(=O)NC(=O)c1cc(N2CC[C@H](C)[C@@H]2C)n[nH]1. The van der Waals surface area contributed by atoms with Crippen molar-refractivity contribution >= 4 is 21.7 Å². The van der Waals surface area contributed by atoms with E-state index in [9.17, 15) is 13.2 Å². The van der Waals surface area contributed by atoms with Crippen molar-refractivity contribution < 1.29 is 13.2 Å². The second-order valence-electron chi connectivity index (χ2n) is 4.98. The predicted octanol–water partition coefficient (Wildman–Crippen LogP) is 0.848. The summed E-state index contributed by atoms with van der Waals surface area (Å²) in [6, 6.07) is 1.90. The Morgan fingerprint density at radius 2 is 2.30 bits per heavy atom. The maximum Gasteiger partial charge on any atom is 0.283 e. The van der Waals surface area contributed by atoms with Gasteiger partial charge in [-0.15, -0.1) is 0 Å². The molecule has 1 aliphatic heterocycles. The van der Waals surface area contributed by atoms with E-state index in [0.717, 1.165) is 13.0 Å². The van der Waals surface area contributed by atoms with Crippen molar-refractivity contribution in [1.82, 2.24) is 14.9 Å². The van der Waals surface area contributed by atoms with Crippen molar-refractivity contribution in [3.05, 3.63) is 23.7 Å². The lowest BCUT2D eigenvalue weighted by Gasteiger charge is -2.22. The van der Waals surface area contributed by atoms with Gasteiger partial charge in [-0.25, -0.2) is 13.1 Å². The number of nitrogens with one attached hydrogen (secondary N) is 2. The molecular weight excluding hydrogens is 280 g/mol. The number of carbonyl (C=O) groups excluding carboxylic acids is 1. The van der Waals surface area contributed by atoms with E-state index in [1.165, 1.54) is 0 Å². The highest BCUT2D eigenvalue weighted by Gasteiger charge is 2.29. The van der Waals surface area contributed by atoms with Gasteiger partial charge in [-0.2, -0.15) is 5.10 Å². The summed E-state index contributed by atoms with van der Waals surface area (Å²) >= 11 is 0. The average molecular weight is 298 g/mol. The molecule has 2 rings (SSSR count). The maximum absolute atomic E-state index is 11.8. The van der Waals surface area contributed by atoms with Crippen molar-refractivity contribution in [2.75, 3.05) is 11.4 Å². The highest BCUT2D eigenvalue weighted by atomic mass is 32.2. The summed E-state index contributed by atoms with van der Waals surface area (Å²) in [6.07, 6.45) is 1.07. The van der Waals surface area contributed by atoms with E-state index in [2.05, 4.69) is 35.5 Å². The van der Waals surface area contributed by atoms with Crippen LogP contribution in [0, 0.1) is 5.92 Å². The smallest absolute Gasteiger partial charge is 0.283 e. The quantitative estimate of drug-likeness (QED) is 0.859. The number of sulfonamides is 1. The molecule has 2 N–H and O–H groups in total. The van der Waals surface area contributed by atoms with Crippen molar-refractivity contribution in [1.29, 1.82) is 0 Å². The summed E-state index contributed by atoms with van der Waals surface area (Å²) in [4.78, 5) is 13.9. The fraction of sp³-hybridized carbons (Fsp3) is 0.500. The highest BCUT2D eigenvalue weighted by molar-refractivity contribution is 7.92. The minimum atomic E-state index is -3.79. The first-order valence-electron chi connectivity index (χ1n) is 6.35. The Kier molecular flexibility index (Phi) is 3.85. The molecule has 0 spiro atoms. The molecule has 0 saturated carbocycles. The fourth-order valence-corrected chi connectivity index (χ4v) is 2.67. The van der Waals surface area contributed by atoms with Crippen LogP contribution in [-0.2, 0) is 10.0 Å². The summed E-state index contributed by atoms with van der Waals surface area (Å²) in [5.74, 6) is 0.469. The molecule has 0 radical (unpaired) electrons. The number of hydrogen-bond donors (Lipinski definition) is 2. The standard InChI is InChI=1S/C12H18N4O3S/c1-4-20(18,19)15-12(17)10-7-11(14-13-10)16-6-5-8(2)9(16)3/h4,7-9H,1,5-6H2,2-3H3,(H,13,14)(H,15,17)/t8-,9-/m0/s1. The van der Waals surface area contributed by atoms with Gasteiger partial charge in [-0.05, 0) is 19.3 Å². The first-order valence-corrected chi connectivity index (χ1v) is 7.90. The first-order chi connectivity index (χ1) is 9.34. The molecule has 1 saturated heterocycles. The third kappa shape index (κ3) is 2.84. The zero-order valence-corrected chi connectivity index (χ0v) is 12.3. The van der Waals surface area contributed by atoms with Crippen LogP contribution in [0.25, 0.3) is 0 Å². The largest absolute Gasteiger partial charge is 0.352 e. The Balaban J connectivity index is 2.13. The molecule has 0 aliphatic carbocycles. The van der Waals surface area contributed by atoms with Crippen LogP contribution in [0.5, 0.6) is 0 Å². The van der Waals surface area contributed by atoms with Gasteiger partial charge in [0.2, 0.25) is 0 Å². The van der Waals surface area contributed by atoms with Gasteiger partial charge in [0.05, 0.1) is 0 Å². The van der Waals surface area contributed by atoms with Crippen LogP contribution < -0.4 is 9.62 Å². The van der Waals surface area contributed by atoms with Crippen LogP contribution in [-0.4, -0.2) is 37.1 Å². The minimum absolute atomic E-state index is 0.108. The fourth-order valence-electron chi connectivity index (χ4n) is 2.22. The zero-order chi connectivity index (χ0) is 14.9. The second kappa shape index (κ2) is 5.28. The summed E-state index contributed by atoms with van der Waals surface area (Å²) in [5, 5.41) is 7.33. The molecule has 1 aromatic heterocycles. The van der Waals surface area contributed by atoms with Crippen LogP contribution in [0.1, 0.15) is 30.8 Å². The highest BCUT2D eigenvalue weighted by Crippen LogP contribution is 2.28. The normalized spacial score (nSPS) is 22.8. The Morgan fingerprint density at radius 3 is 2.85 bits per heavy atom. The summed E-state index contributed by atoms with van der Waals surface area (Å²) in [6.45, 7) is 8.28. The lowest BCUT2D eigenvalue weighted by atomic mass is 10.1. The molecule has 2 heterocycles. The van der Waals surface area contributed by atoms with Crippen molar-refractivity contribution in [3.8, 4) is 0 Å². The van der Waals surface area contributed by atoms with E-state index in [4.69, 9.17) is 0 Å². The topological polar surface area (TPSA) is 95.2 Å². The molecule has 0 bridgehead atoms. The molecular formula is C12H18N4O3S. The van der Waals surface area contributed by atoms with Gasteiger partial charge in [0.15, 0.2) is 5.82 Å². The van der Waals surface area contributed by atoms with Crippen LogP contribution in [0.2, 0.25) is 0 Å². The predicted molar refractivity (Wildman–Crippen MR) is 75.8 cm³/mol. The molecule has 0 aromatic carbocycles. The van der Waals surface area contributed by atoms with E-state index in [1.54, 1.807) is 6.07 Å². The lowest BCUT2D eigenvalue weighted by molar-refractivity contribution is 0.0977. The van der Waals surface area contributed by atoms with E-state index in [0.29, 0.717) is 23.2 Å². The number of aromatic amines is 1. The molecule has 7 nitrogen and oxygen atoms in total. The number of rotatable bonds is 4. The lowest BCUT2D eigenvalue weighted by Crippen LogP contribution is -2.29. The van der Waals surface area contributed by atoms with Crippen molar-refractivity contribution in [2.45, 2.75) is 26.3 Å². The van der Waals surface area contributed by atoms with Crippen molar-refractivity contribution in [3.63, 3.8) is 0 Å². The maximum atomic E-state index is 11.8.